The lowest BCUT2D eigenvalue weighted by Gasteiger charge is -2.08. The molecule has 2 aromatic carbocycles. The highest BCUT2D eigenvalue weighted by molar-refractivity contribution is 5.94. The molecule has 0 aromatic heterocycles. The Bertz CT molecular complexity index is 787. The maximum absolute atomic E-state index is 12.6. The third-order valence-corrected chi connectivity index (χ3v) is 3.25. The molecule has 0 saturated heterocycles. The Morgan fingerprint density at radius 2 is 1.84 bits per heavy atom. The zero-order valence-electron chi connectivity index (χ0n) is 13.5. The number of benzene rings is 2. The average molecular weight is 347 g/mol. The van der Waals surface area contributed by atoms with Crippen molar-refractivity contribution in [1.82, 2.24) is 5.32 Å². The first-order valence-electron chi connectivity index (χ1n) is 7.47. The molecule has 25 heavy (non-hydrogen) atoms. The van der Waals surface area contributed by atoms with Gasteiger partial charge in [-0.3, -0.25) is 4.79 Å². The smallest absolute Gasteiger partial charge is 0.416 e. The predicted octanol–water partition coefficient (Wildman–Crippen LogP) is 3.83. The molecule has 1 N–H and O–H groups in total. The summed E-state index contributed by atoms with van der Waals surface area (Å²) in [5, 5.41) is 2.63. The summed E-state index contributed by atoms with van der Waals surface area (Å²) in [5.74, 6) is 5.17. The molecule has 0 bridgehead atoms. The van der Waals surface area contributed by atoms with Gasteiger partial charge in [-0.1, -0.05) is 35.6 Å². The fourth-order valence-corrected chi connectivity index (χ4v) is 1.93. The standard InChI is InChI=1S/C19H16F3NO2/c1-14-7-9-15(10-8-14)18(24)23-11-2-3-12-25-17-6-4-5-16(13-17)19(20,21)22/h4-10,13H,11-12H2,1H3,(H,23,24). The van der Waals surface area contributed by atoms with E-state index >= 15 is 0 Å². The zero-order chi connectivity index (χ0) is 18.3. The van der Waals surface area contributed by atoms with E-state index in [1.54, 1.807) is 12.1 Å². The van der Waals surface area contributed by atoms with E-state index in [9.17, 15) is 18.0 Å². The second-order valence-electron chi connectivity index (χ2n) is 5.22. The van der Waals surface area contributed by atoms with E-state index in [4.69, 9.17) is 4.74 Å². The largest absolute Gasteiger partial charge is 0.481 e. The lowest BCUT2D eigenvalue weighted by molar-refractivity contribution is -0.137. The van der Waals surface area contributed by atoms with Crippen molar-refractivity contribution in [2.24, 2.45) is 0 Å². The predicted molar refractivity (Wildman–Crippen MR) is 88.2 cm³/mol. The SMILES string of the molecule is Cc1ccc(C(=O)NCC#CCOc2cccc(C(F)(F)F)c2)cc1. The third kappa shape index (κ3) is 5.88. The van der Waals surface area contributed by atoms with Crippen LogP contribution in [0.25, 0.3) is 0 Å². The van der Waals surface area contributed by atoms with Crippen LogP contribution < -0.4 is 10.1 Å². The van der Waals surface area contributed by atoms with Crippen molar-refractivity contribution in [3.63, 3.8) is 0 Å². The number of hydrogen-bond donors (Lipinski definition) is 1. The molecule has 0 unspecified atom stereocenters. The van der Waals surface area contributed by atoms with Crippen molar-refractivity contribution in [3.05, 3.63) is 65.2 Å². The molecule has 2 aromatic rings. The van der Waals surface area contributed by atoms with Crippen LogP contribution in [0.5, 0.6) is 5.75 Å². The molecule has 0 aliphatic rings. The summed E-state index contributed by atoms with van der Waals surface area (Å²) in [6, 6.07) is 11.7. The minimum Gasteiger partial charge on any atom is -0.481 e. The first kappa shape index (κ1) is 18.4. The number of carbonyl (C=O) groups is 1. The summed E-state index contributed by atoms with van der Waals surface area (Å²) in [6.07, 6.45) is -4.41. The summed E-state index contributed by atoms with van der Waals surface area (Å²) in [7, 11) is 0. The molecule has 2 rings (SSSR count). The Balaban J connectivity index is 1.78. The number of nitrogens with one attached hydrogen (secondary N) is 1. The number of carbonyl (C=O) groups excluding carboxylic acids is 1. The number of aryl methyl sites for hydroxylation is 1. The van der Waals surface area contributed by atoms with E-state index in [1.165, 1.54) is 12.1 Å². The van der Waals surface area contributed by atoms with E-state index in [0.29, 0.717) is 5.56 Å². The van der Waals surface area contributed by atoms with Crippen molar-refractivity contribution >= 4 is 5.91 Å². The highest BCUT2D eigenvalue weighted by Gasteiger charge is 2.30. The number of halogens is 3. The highest BCUT2D eigenvalue weighted by atomic mass is 19.4. The minimum absolute atomic E-state index is 0.0677. The van der Waals surface area contributed by atoms with Gasteiger partial charge in [-0.25, -0.2) is 0 Å². The molecule has 0 aliphatic carbocycles. The summed E-state index contributed by atoms with van der Waals surface area (Å²) < 4.78 is 42.9. The van der Waals surface area contributed by atoms with Crippen LogP contribution in [-0.4, -0.2) is 19.1 Å². The van der Waals surface area contributed by atoms with Gasteiger partial charge in [-0.2, -0.15) is 13.2 Å². The Morgan fingerprint density at radius 3 is 2.52 bits per heavy atom. The molecule has 1 amide bonds. The van der Waals surface area contributed by atoms with Gasteiger partial charge in [0.15, 0.2) is 0 Å². The monoisotopic (exact) mass is 347 g/mol. The highest BCUT2D eigenvalue weighted by Crippen LogP contribution is 2.31. The van der Waals surface area contributed by atoms with E-state index in [2.05, 4.69) is 17.2 Å². The molecule has 6 heteroatoms. The van der Waals surface area contributed by atoms with Gasteiger partial charge in [-0.05, 0) is 37.3 Å². The lowest BCUT2D eigenvalue weighted by Crippen LogP contribution is -2.23. The minimum atomic E-state index is -4.41. The second-order valence-corrected chi connectivity index (χ2v) is 5.22. The lowest BCUT2D eigenvalue weighted by atomic mass is 10.1. The normalized spacial score (nSPS) is 10.6. The van der Waals surface area contributed by atoms with Gasteiger partial charge in [0.25, 0.3) is 5.91 Å². The number of rotatable bonds is 4. The van der Waals surface area contributed by atoms with Crippen LogP contribution in [0.15, 0.2) is 48.5 Å². The van der Waals surface area contributed by atoms with Crippen LogP contribution >= 0.6 is 0 Å². The van der Waals surface area contributed by atoms with Crippen LogP contribution in [0.2, 0.25) is 0 Å². The van der Waals surface area contributed by atoms with Gasteiger partial charge >= 0.3 is 6.18 Å². The first-order valence-corrected chi connectivity index (χ1v) is 7.47. The number of alkyl halides is 3. The van der Waals surface area contributed by atoms with Gasteiger partial charge in [-0.15, -0.1) is 0 Å². The first-order chi connectivity index (χ1) is 11.9. The average Bonchev–Trinajstić information content (AvgIpc) is 2.58. The van der Waals surface area contributed by atoms with Gasteiger partial charge in [0.1, 0.15) is 12.4 Å². The molecule has 3 nitrogen and oxygen atoms in total. The van der Waals surface area contributed by atoms with Crippen molar-refractivity contribution in [2.45, 2.75) is 13.1 Å². The Morgan fingerprint density at radius 1 is 1.12 bits per heavy atom. The van der Waals surface area contributed by atoms with Gasteiger partial charge in [0.2, 0.25) is 0 Å². The summed E-state index contributed by atoms with van der Waals surface area (Å²) in [4.78, 5) is 11.8. The fraction of sp³-hybridized carbons (Fsp3) is 0.211. The number of hydrogen-bond acceptors (Lipinski definition) is 2. The summed E-state index contributed by atoms with van der Waals surface area (Å²) >= 11 is 0. The quantitative estimate of drug-likeness (QED) is 0.854. The topological polar surface area (TPSA) is 38.3 Å². The molecule has 130 valence electrons. The molecule has 0 radical (unpaired) electrons. The van der Waals surface area contributed by atoms with E-state index < -0.39 is 11.7 Å². The molecule has 0 spiro atoms. The van der Waals surface area contributed by atoms with Crippen LogP contribution in [0, 0.1) is 18.8 Å². The maximum atomic E-state index is 12.6. The summed E-state index contributed by atoms with van der Waals surface area (Å²) in [6.45, 7) is 1.98. The van der Waals surface area contributed by atoms with E-state index in [-0.39, 0.29) is 24.8 Å². The van der Waals surface area contributed by atoms with Gasteiger partial charge in [0.05, 0.1) is 12.1 Å². The van der Waals surface area contributed by atoms with Crippen LogP contribution in [0.4, 0.5) is 13.2 Å². The number of amides is 1. The van der Waals surface area contributed by atoms with Crippen molar-refractivity contribution in [2.75, 3.05) is 13.2 Å². The number of ether oxygens (including phenoxy) is 1. The summed E-state index contributed by atoms with van der Waals surface area (Å²) in [5.41, 5.74) is 0.819. The van der Waals surface area contributed by atoms with Crippen molar-refractivity contribution in [1.29, 1.82) is 0 Å². The molecule has 0 heterocycles. The Kier molecular flexibility index (Phi) is 6.07. The molecule has 0 fully saturated rings. The van der Waals surface area contributed by atoms with E-state index in [0.717, 1.165) is 17.7 Å². The molecular weight excluding hydrogens is 331 g/mol. The van der Waals surface area contributed by atoms with E-state index in [1.807, 2.05) is 19.1 Å². The second kappa shape index (κ2) is 8.25. The Labute approximate surface area is 143 Å². The molecular formula is C19H16F3NO2. The van der Waals surface area contributed by atoms with Crippen LogP contribution in [-0.2, 0) is 6.18 Å². The third-order valence-electron chi connectivity index (χ3n) is 3.25. The van der Waals surface area contributed by atoms with Crippen molar-refractivity contribution < 1.29 is 22.7 Å². The van der Waals surface area contributed by atoms with Crippen LogP contribution in [0.1, 0.15) is 21.5 Å². The molecule has 0 saturated carbocycles. The van der Waals surface area contributed by atoms with Crippen LogP contribution in [0.3, 0.4) is 0 Å². The Hall–Kier alpha value is -2.94. The fourth-order valence-electron chi connectivity index (χ4n) is 1.93. The molecule has 0 atom stereocenters. The van der Waals surface area contributed by atoms with Crippen molar-refractivity contribution in [3.8, 4) is 17.6 Å². The molecule has 0 aliphatic heterocycles. The van der Waals surface area contributed by atoms with Gasteiger partial charge in [0, 0.05) is 5.56 Å². The maximum Gasteiger partial charge on any atom is 0.416 e. The van der Waals surface area contributed by atoms with Gasteiger partial charge < -0.3 is 10.1 Å². The zero-order valence-corrected chi connectivity index (χ0v) is 13.5.